The summed E-state index contributed by atoms with van der Waals surface area (Å²) in [5, 5.41) is 30.6. The van der Waals surface area contributed by atoms with E-state index in [0.29, 0.717) is 12.3 Å². The number of carbonyl (C=O) groups excluding carboxylic acids is 2. The fraction of sp³-hybridized carbons (Fsp3) is 0.926. The van der Waals surface area contributed by atoms with Crippen LogP contribution in [0.2, 0.25) is 19.1 Å². The van der Waals surface area contributed by atoms with Crippen LogP contribution in [0.25, 0.3) is 0 Å². The second-order valence-corrected chi connectivity index (χ2v) is 17.4. The molecular weight excluding hydrogens is 448 g/mol. The molecule has 1 aliphatic heterocycles. The summed E-state index contributed by atoms with van der Waals surface area (Å²) in [5.74, 6) is 0.380. The predicted octanol–water partition coefficient (Wildman–Crippen LogP) is 3.86. The van der Waals surface area contributed by atoms with E-state index < -0.39 is 31.7 Å². The Bertz CT molecular complexity index is 792. The number of Topliss-reactive ketones (excluding diaryl/α,β-unsaturated/α-hetero) is 2. The van der Waals surface area contributed by atoms with Gasteiger partial charge < -0.3 is 19.7 Å². The van der Waals surface area contributed by atoms with Crippen molar-refractivity contribution in [3.8, 4) is 0 Å². The Morgan fingerprint density at radius 2 is 1.85 bits per heavy atom. The molecule has 0 aromatic heterocycles. The minimum absolute atomic E-state index is 0.0154. The molecule has 1 heterocycles. The summed E-state index contributed by atoms with van der Waals surface area (Å²) in [6.45, 7) is 9.09. The van der Waals surface area contributed by atoms with Crippen molar-refractivity contribution in [2.45, 2.75) is 109 Å². The first-order valence-electron chi connectivity index (χ1n) is 13.6. The van der Waals surface area contributed by atoms with Crippen molar-refractivity contribution in [2.24, 2.45) is 34.5 Å². The van der Waals surface area contributed by atoms with Crippen LogP contribution in [0.5, 0.6) is 0 Å². The Kier molecular flexibility index (Phi) is 7.29. The first kappa shape index (κ1) is 26.5. The number of carbonyl (C=O) groups is 2. The molecular formula is C27H46O6Si. The monoisotopic (exact) mass is 494 g/mol. The lowest BCUT2D eigenvalue weighted by Gasteiger charge is -2.60. The molecule has 4 saturated carbocycles. The summed E-state index contributed by atoms with van der Waals surface area (Å²) in [7, 11) is -1.09. The van der Waals surface area contributed by atoms with Crippen molar-refractivity contribution in [2.75, 3.05) is 13.2 Å². The van der Waals surface area contributed by atoms with Gasteiger partial charge in [-0.3, -0.25) is 9.59 Å². The predicted molar refractivity (Wildman–Crippen MR) is 133 cm³/mol. The number of hydrogen-bond acceptors (Lipinski definition) is 6. The molecule has 3 N–H and O–H groups in total. The van der Waals surface area contributed by atoms with Gasteiger partial charge in [-0.15, -0.1) is 0 Å². The zero-order chi connectivity index (χ0) is 24.9. The van der Waals surface area contributed by atoms with Gasteiger partial charge in [0.1, 0.15) is 18.0 Å². The first-order valence-corrected chi connectivity index (χ1v) is 16.7. The average Bonchev–Trinajstić information content (AvgIpc) is 3.05. The molecule has 194 valence electrons. The number of aliphatic hydroxyl groups is 3. The summed E-state index contributed by atoms with van der Waals surface area (Å²) >= 11 is 0. The third-order valence-electron chi connectivity index (χ3n) is 10.7. The second kappa shape index (κ2) is 9.36. The normalized spacial score (nSPS) is 47.5. The molecule has 7 heteroatoms. The van der Waals surface area contributed by atoms with Crippen LogP contribution >= 0.6 is 0 Å². The molecule has 0 spiro atoms. The van der Waals surface area contributed by atoms with Crippen molar-refractivity contribution >= 4 is 19.9 Å². The van der Waals surface area contributed by atoms with E-state index in [-0.39, 0.29) is 41.5 Å². The van der Waals surface area contributed by atoms with E-state index >= 15 is 0 Å². The first-order chi connectivity index (χ1) is 15.9. The molecule has 5 aliphatic rings. The topological polar surface area (TPSA) is 104 Å². The van der Waals surface area contributed by atoms with Gasteiger partial charge in [0.2, 0.25) is 0 Å². The van der Waals surface area contributed by atoms with Crippen LogP contribution in [0.1, 0.15) is 78.1 Å². The van der Waals surface area contributed by atoms with Gasteiger partial charge >= 0.3 is 0 Å². The Labute approximate surface area is 206 Å². The lowest BCUT2D eigenvalue weighted by molar-refractivity contribution is -0.180. The number of ketones is 2. The SMILES string of the molecule is C[C@]12CC[C@@H](O)C[C@H]1CC[C@@H]1[C@@H]2C(=O)C[C@@]2(C)[C@H]1CC[C@]2(O)C(=O)CO.C[Si]1(C)CCCCO1. The van der Waals surface area contributed by atoms with Gasteiger partial charge in [0, 0.05) is 24.4 Å². The van der Waals surface area contributed by atoms with Crippen molar-refractivity contribution in [1.82, 2.24) is 0 Å². The van der Waals surface area contributed by atoms with E-state index in [1.807, 2.05) is 6.92 Å². The number of aliphatic hydroxyl groups excluding tert-OH is 2. The van der Waals surface area contributed by atoms with Crippen molar-refractivity contribution in [3.05, 3.63) is 0 Å². The Hall–Kier alpha value is -0.603. The highest BCUT2D eigenvalue weighted by Crippen LogP contribution is 2.67. The lowest BCUT2D eigenvalue weighted by atomic mass is 9.44. The van der Waals surface area contributed by atoms with E-state index in [0.717, 1.165) is 45.1 Å². The minimum Gasteiger partial charge on any atom is -0.417 e. The van der Waals surface area contributed by atoms with Crippen LogP contribution < -0.4 is 0 Å². The smallest absolute Gasteiger partial charge is 0.190 e. The second-order valence-electron chi connectivity index (χ2n) is 13.1. The minimum atomic E-state index is -1.58. The van der Waals surface area contributed by atoms with Gasteiger partial charge in [-0.25, -0.2) is 0 Å². The number of rotatable bonds is 2. The van der Waals surface area contributed by atoms with Gasteiger partial charge in [-0.05, 0) is 93.7 Å². The highest BCUT2D eigenvalue weighted by atomic mass is 28.4. The molecule has 0 radical (unpaired) electrons. The molecule has 0 aromatic carbocycles. The zero-order valence-electron chi connectivity index (χ0n) is 21.6. The van der Waals surface area contributed by atoms with Crippen LogP contribution in [-0.4, -0.2) is 60.1 Å². The van der Waals surface area contributed by atoms with E-state index in [2.05, 4.69) is 20.0 Å². The Morgan fingerprint density at radius 1 is 1.12 bits per heavy atom. The molecule has 8 atom stereocenters. The molecule has 0 unspecified atom stereocenters. The maximum Gasteiger partial charge on any atom is 0.190 e. The average molecular weight is 495 g/mol. The summed E-state index contributed by atoms with van der Waals surface area (Å²) in [6, 6.07) is 1.37. The molecule has 0 aromatic rings. The lowest BCUT2D eigenvalue weighted by Crippen LogP contribution is -2.62. The van der Waals surface area contributed by atoms with Crippen LogP contribution in [-0.2, 0) is 14.0 Å². The molecule has 0 bridgehead atoms. The molecule has 0 amide bonds. The molecule has 5 fully saturated rings. The molecule has 34 heavy (non-hydrogen) atoms. The maximum absolute atomic E-state index is 13.4. The largest absolute Gasteiger partial charge is 0.417 e. The summed E-state index contributed by atoms with van der Waals surface area (Å²) < 4.78 is 5.60. The van der Waals surface area contributed by atoms with E-state index in [9.17, 15) is 24.9 Å². The highest BCUT2D eigenvalue weighted by Gasteiger charge is 2.68. The quantitative estimate of drug-likeness (QED) is 0.504. The fourth-order valence-electron chi connectivity index (χ4n) is 8.72. The van der Waals surface area contributed by atoms with Gasteiger partial charge in [0.15, 0.2) is 14.1 Å². The third kappa shape index (κ3) is 4.27. The summed E-state index contributed by atoms with van der Waals surface area (Å²) in [5.41, 5.74) is -2.40. The summed E-state index contributed by atoms with van der Waals surface area (Å²) in [6.07, 6.45) is 8.16. The van der Waals surface area contributed by atoms with E-state index in [1.165, 1.54) is 18.9 Å². The van der Waals surface area contributed by atoms with Gasteiger partial charge in [0.25, 0.3) is 0 Å². The molecule has 1 saturated heterocycles. The Morgan fingerprint density at radius 3 is 2.44 bits per heavy atom. The van der Waals surface area contributed by atoms with Crippen LogP contribution in [0.4, 0.5) is 0 Å². The molecule has 5 rings (SSSR count). The third-order valence-corrected chi connectivity index (χ3v) is 13.3. The standard InChI is InChI=1S/C21H32O5.C6H14OSi/c1-19-7-5-13(23)9-12(19)3-4-14-15-6-8-21(26,17(25)11-22)20(15,2)10-16(24)18(14)19;1-8(2)6-4-3-5-7-8/h12-15,18,22-23,26H,3-11H2,1-2H3;3-6H2,1-2H3/t12-,13-,14+,15+,18-,19+,20+,21+;/m1./s1. The van der Waals surface area contributed by atoms with Crippen molar-refractivity contribution in [1.29, 1.82) is 0 Å². The maximum atomic E-state index is 13.4. The van der Waals surface area contributed by atoms with E-state index in [4.69, 9.17) is 4.43 Å². The van der Waals surface area contributed by atoms with Crippen LogP contribution in [0.3, 0.4) is 0 Å². The zero-order valence-corrected chi connectivity index (χ0v) is 22.6. The molecule has 6 nitrogen and oxygen atoms in total. The summed E-state index contributed by atoms with van der Waals surface area (Å²) in [4.78, 5) is 25.7. The van der Waals surface area contributed by atoms with Crippen LogP contribution in [0, 0.1) is 34.5 Å². The van der Waals surface area contributed by atoms with Gasteiger partial charge in [0.05, 0.1) is 6.10 Å². The Balaban J connectivity index is 0.000000291. The van der Waals surface area contributed by atoms with Crippen molar-refractivity contribution < 1.29 is 29.3 Å². The van der Waals surface area contributed by atoms with E-state index in [1.54, 1.807) is 0 Å². The fourth-order valence-corrected chi connectivity index (χ4v) is 10.7. The van der Waals surface area contributed by atoms with Crippen LogP contribution in [0.15, 0.2) is 0 Å². The number of hydrogen-bond donors (Lipinski definition) is 3. The molecule has 4 aliphatic carbocycles. The van der Waals surface area contributed by atoms with Gasteiger partial charge in [-0.2, -0.15) is 0 Å². The van der Waals surface area contributed by atoms with Crippen molar-refractivity contribution in [3.63, 3.8) is 0 Å². The number of fused-ring (bicyclic) bond motifs is 5. The van der Waals surface area contributed by atoms with Gasteiger partial charge in [-0.1, -0.05) is 20.3 Å². The highest BCUT2D eigenvalue weighted by molar-refractivity contribution is 6.71.